The van der Waals surface area contributed by atoms with E-state index in [1.165, 1.54) is 0 Å². The van der Waals surface area contributed by atoms with Crippen LogP contribution in [-0.4, -0.2) is 33.2 Å². The van der Waals surface area contributed by atoms with Crippen molar-refractivity contribution in [2.45, 2.75) is 26.2 Å². The molecular formula is C16H23ClN8O2. The lowest BCUT2D eigenvalue weighted by Crippen LogP contribution is -2.17. The third-order valence-electron chi connectivity index (χ3n) is 3.22. The lowest BCUT2D eigenvalue weighted by atomic mass is 10.1. The number of H-pyrrole nitrogens is 1. The van der Waals surface area contributed by atoms with E-state index in [0.717, 1.165) is 31.4 Å². The van der Waals surface area contributed by atoms with Crippen molar-refractivity contribution in [3.8, 4) is 0 Å². The van der Waals surface area contributed by atoms with E-state index < -0.39 is 5.91 Å². The Kier molecular flexibility index (Phi) is 8.73. The Bertz CT molecular complexity index is 841. The van der Waals surface area contributed by atoms with E-state index >= 15 is 0 Å². The third-order valence-corrected chi connectivity index (χ3v) is 3.50. The summed E-state index contributed by atoms with van der Waals surface area (Å²) in [6.45, 7) is 2.58. The van der Waals surface area contributed by atoms with Gasteiger partial charge in [0.15, 0.2) is 22.5 Å². The SMILES string of the molecule is CC(N)=NCCCCc1ccc(=O)[nH]c1.NC(=O)c1nc(Cl)c(N)nc1N. The number of rotatable bonds is 6. The number of aliphatic imine (C=N–C) groups is 1. The molecule has 2 rings (SSSR count). The second-order valence-corrected chi connectivity index (χ2v) is 5.90. The number of anilines is 2. The first-order chi connectivity index (χ1) is 12.7. The van der Waals surface area contributed by atoms with Crippen LogP contribution in [-0.2, 0) is 6.42 Å². The molecule has 27 heavy (non-hydrogen) atoms. The average molecular weight is 395 g/mol. The van der Waals surface area contributed by atoms with E-state index in [4.69, 9.17) is 34.5 Å². The molecule has 0 saturated heterocycles. The molecule has 0 bridgehead atoms. The summed E-state index contributed by atoms with van der Waals surface area (Å²) >= 11 is 5.47. The maximum Gasteiger partial charge on any atom is 0.271 e. The summed E-state index contributed by atoms with van der Waals surface area (Å²) in [4.78, 5) is 35.3. The third kappa shape index (κ3) is 8.19. The van der Waals surface area contributed by atoms with Crippen LogP contribution in [0.15, 0.2) is 28.1 Å². The number of carbonyl (C=O) groups excluding carboxylic acids is 1. The van der Waals surface area contributed by atoms with Crippen LogP contribution in [0.3, 0.4) is 0 Å². The topological polar surface area (TPSA) is 192 Å². The number of nitrogens with two attached hydrogens (primary N) is 4. The summed E-state index contributed by atoms with van der Waals surface area (Å²) in [6.07, 6.45) is 4.81. The number of nitrogens with one attached hydrogen (secondary N) is 1. The fraction of sp³-hybridized carbons (Fsp3) is 0.312. The number of hydrogen-bond acceptors (Lipinski definition) is 7. The van der Waals surface area contributed by atoms with Gasteiger partial charge in [0.25, 0.3) is 5.91 Å². The van der Waals surface area contributed by atoms with E-state index in [1.807, 2.05) is 6.07 Å². The number of primary amides is 1. The van der Waals surface area contributed by atoms with Gasteiger partial charge in [0.1, 0.15) is 0 Å². The zero-order valence-corrected chi connectivity index (χ0v) is 15.7. The first kappa shape index (κ1) is 21.9. The van der Waals surface area contributed by atoms with Crippen LogP contribution in [0.4, 0.5) is 11.6 Å². The summed E-state index contributed by atoms with van der Waals surface area (Å²) in [5, 5.41) is -0.0852. The van der Waals surface area contributed by atoms with Crippen molar-refractivity contribution in [2.24, 2.45) is 16.5 Å². The Labute approximate surface area is 161 Å². The number of carbonyl (C=O) groups is 1. The van der Waals surface area contributed by atoms with Crippen LogP contribution < -0.4 is 28.5 Å². The summed E-state index contributed by atoms with van der Waals surface area (Å²) in [7, 11) is 0. The monoisotopic (exact) mass is 394 g/mol. The van der Waals surface area contributed by atoms with Gasteiger partial charge >= 0.3 is 0 Å². The predicted molar refractivity (Wildman–Crippen MR) is 107 cm³/mol. The molecule has 10 nitrogen and oxygen atoms in total. The highest BCUT2D eigenvalue weighted by molar-refractivity contribution is 6.31. The molecule has 0 spiro atoms. The maximum absolute atomic E-state index is 10.8. The van der Waals surface area contributed by atoms with E-state index in [9.17, 15) is 9.59 Å². The molecule has 0 unspecified atom stereocenters. The molecule has 0 saturated carbocycles. The quantitative estimate of drug-likeness (QED) is 0.267. The molecule has 9 N–H and O–H groups in total. The Morgan fingerprint density at radius 1 is 1.19 bits per heavy atom. The normalized spacial score (nSPS) is 10.8. The molecule has 0 fully saturated rings. The van der Waals surface area contributed by atoms with Crippen molar-refractivity contribution in [3.63, 3.8) is 0 Å². The molecule has 2 heterocycles. The highest BCUT2D eigenvalue weighted by atomic mass is 35.5. The van der Waals surface area contributed by atoms with Gasteiger partial charge in [-0.25, -0.2) is 9.97 Å². The fourth-order valence-electron chi connectivity index (χ4n) is 1.92. The number of amidine groups is 1. The van der Waals surface area contributed by atoms with Crippen molar-refractivity contribution in [1.29, 1.82) is 0 Å². The zero-order chi connectivity index (χ0) is 20.4. The number of aromatic amines is 1. The second kappa shape index (κ2) is 10.8. The first-order valence-corrected chi connectivity index (χ1v) is 8.41. The molecular weight excluding hydrogens is 372 g/mol. The minimum Gasteiger partial charge on any atom is -0.388 e. The number of nitrogens with zero attached hydrogens (tertiary/aromatic N) is 3. The van der Waals surface area contributed by atoms with E-state index in [0.29, 0.717) is 5.84 Å². The van der Waals surface area contributed by atoms with Crippen molar-refractivity contribution < 1.29 is 4.79 Å². The number of nitrogen functional groups attached to an aromatic ring is 2. The highest BCUT2D eigenvalue weighted by Crippen LogP contribution is 2.16. The van der Waals surface area contributed by atoms with Crippen LogP contribution in [0.25, 0.3) is 0 Å². The summed E-state index contributed by atoms with van der Waals surface area (Å²) in [5.41, 5.74) is 21.8. The zero-order valence-electron chi connectivity index (χ0n) is 14.9. The molecule has 0 aliphatic heterocycles. The minimum absolute atomic E-state index is 0.0285. The molecule has 0 aliphatic rings. The number of amides is 1. The van der Waals surface area contributed by atoms with Gasteiger partial charge in [-0.1, -0.05) is 17.7 Å². The van der Waals surface area contributed by atoms with Crippen LogP contribution in [0.2, 0.25) is 5.15 Å². The number of aryl methyl sites for hydroxylation is 1. The van der Waals surface area contributed by atoms with Gasteiger partial charge in [-0.3, -0.25) is 14.6 Å². The van der Waals surface area contributed by atoms with Crippen LogP contribution in [0.1, 0.15) is 35.8 Å². The maximum atomic E-state index is 10.8. The number of pyridine rings is 1. The van der Waals surface area contributed by atoms with E-state index in [2.05, 4.69) is 19.9 Å². The fourth-order valence-corrected chi connectivity index (χ4v) is 2.04. The number of unbranched alkanes of at least 4 members (excludes halogenated alkanes) is 1. The first-order valence-electron chi connectivity index (χ1n) is 8.03. The molecule has 0 radical (unpaired) electrons. The predicted octanol–water partition coefficient (Wildman–Crippen LogP) is 0.468. The number of hydrogen-bond donors (Lipinski definition) is 5. The lowest BCUT2D eigenvalue weighted by Gasteiger charge is -2.01. The van der Waals surface area contributed by atoms with Crippen LogP contribution >= 0.6 is 11.6 Å². The van der Waals surface area contributed by atoms with Crippen molar-refractivity contribution in [2.75, 3.05) is 18.0 Å². The number of halogens is 1. The van der Waals surface area contributed by atoms with Gasteiger partial charge in [-0.05, 0) is 31.7 Å². The van der Waals surface area contributed by atoms with Gasteiger partial charge in [0.05, 0.1) is 5.84 Å². The summed E-state index contributed by atoms with van der Waals surface area (Å²) in [6, 6.07) is 3.41. The Hall–Kier alpha value is -3.14. The molecule has 11 heteroatoms. The van der Waals surface area contributed by atoms with E-state index in [1.54, 1.807) is 19.2 Å². The van der Waals surface area contributed by atoms with Crippen LogP contribution in [0.5, 0.6) is 0 Å². The molecule has 2 aromatic rings. The van der Waals surface area contributed by atoms with Gasteiger partial charge in [-0.15, -0.1) is 0 Å². The molecule has 0 atom stereocenters. The van der Waals surface area contributed by atoms with Gasteiger partial charge in [0, 0.05) is 18.8 Å². The van der Waals surface area contributed by atoms with Crippen molar-refractivity contribution >= 4 is 35.0 Å². The standard InChI is InChI=1S/C11H17N3O.C5H6ClN5O/c1-9(12)13-7-3-2-4-10-5-6-11(15)14-8-10;6-2-4(8)11-3(7)1(10-2)5(9)12/h5-6,8H,2-4,7H2,1H3,(H2,12,13)(H,14,15);(H2,9,12)(H4,7,8,11). The summed E-state index contributed by atoms with van der Waals surface area (Å²) in [5.74, 6) is -0.301. The van der Waals surface area contributed by atoms with Gasteiger partial charge in [-0.2, -0.15) is 0 Å². The Morgan fingerprint density at radius 2 is 1.89 bits per heavy atom. The molecule has 0 aromatic carbocycles. The largest absolute Gasteiger partial charge is 0.388 e. The average Bonchev–Trinajstić information content (AvgIpc) is 2.59. The summed E-state index contributed by atoms with van der Waals surface area (Å²) < 4.78 is 0. The van der Waals surface area contributed by atoms with Crippen molar-refractivity contribution in [3.05, 3.63) is 45.1 Å². The van der Waals surface area contributed by atoms with Crippen molar-refractivity contribution in [1.82, 2.24) is 15.0 Å². The molecule has 2 aromatic heterocycles. The Balaban J connectivity index is 0.000000277. The molecule has 1 amide bonds. The minimum atomic E-state index is -0.790. The lowest BCUT2D eigenvalue weighted by molar-refractivity contribution is 0.0996. The van der Waals surface area contributed by atoms with Crippen LogP contribution in [0, 0.1) is 0 Å². The smallest absolute Gasteiger partial charge is 0.271 e. The Morgan fingerprint density at radius 3 is 2.44 bits per heavy atom. The molecule has 0 aliphatic carbocycles. The van der Waals surface area contributed by atoms with E-state index in [-0.39, 0.29) is 28.0 Å². The van der Waals surface area contributed by atoms with Gasteiger partial charge in [0.2, 0.25) is 5.56 Å². The van der Waals surface area contributed by atoms with Gasteiger partial charge < -0.3 is 27.9 Å². The second-order valence-electron chi connectivity index (χ2n) is 5.54. The highest BCUT2D eigenvalue weighted by Gasteiger charge is 2.11. The molecule has 146 valence electrons. The number of aromatic nitrogens is 3.